The minimum Gasteiger partial charge on any atom is -0.508 e. The number of aromatic hydroxyl groups is 1. The van der Waals surface area contributed by atoms with Gasteiger partial charge in [0.1, 0.15) is 17.1 Å². The normalized spacial score (nSPS) is 21.3. The van der Waals surface area contributed by atoms with Gasteiger partial charge < -0.3 is 19.9 Å². The molecule has 0 spiro atoms. The Labute approximate surface area is 220 Å². The van der Waals surface area contributed by atoms with Crippen LogP contribution in [0.5, 0.6) is 5.75 Å². The van der Waals surface area contributed by atoms with Gasteiger partial charge in [-0.05, 0) is 74.8 Å². The number of carbonyl (C=O) groups is 2. The highest BCUT2D eigenvalue weighted by molar-refractivity contribution is 6.31. The monoisotopic (exact) mass is 526 g/mol. The van der Waals surface area contributed by atoms with Crippen molar-refractivity contribution in [2.45, 2.75) is 51.6 Å². The van der Waals surface area contributed by atoms with Crippen molar-refractivity contribution in [3.63, 3.8) is 0 Å². The van der Waals surface area contributed by atoms with Gasteiger partial charge in [0.05, 0.1) is 11.1 Å². The van der Waals surface area contributed by atoms with Crippen molar-refractivity contribution in [1.29, 1.82) is 0 Å². The summed E-state index contributed by atoms with van der Waals surface area (Å²) in [5.74, 6) is -0.620. The predicted molar refractivity (Wildman–Crippen MR) is 141 cm³/mol. The lowest BCUT2D eigenvalue weighted by molar-refractivity contribution is -0.133. The number of hydrogen-bond acceptors (Lipinski definition) is 4. The summed E-state index contributed by atoms with van der Waals surface area (Å²) >= 11 is 6.14. The van der Waals surface area contributed by atoms with Crippen molar-refractivity contribution in [3.05, 3.63) is 64.1 Å². The summed E-state index contributed by atoms with van der Waals surface area (Å²) in [5.41, 5.74) is 1.95. The molecule has 1 saturated heterocycles. The minimum absolute atomic E-state index is 0.0123. The molecule has 3 amide bonds. The maximum Gasteiger partial charge on any atom is 0.328 e. The zero-order chi connectivity index (χ0) is 26.5. The molecule has 5 rings (SSSR count). The van der Waals surface area contributed by atoms with Crippen molar-refractivity contribution in [2.75, 3.05) is 26.2 Å². The minimum atomic E-state index is -1.09. The third-order valence-electron chi connectivity index (χ3n) is 7.91. The zero-order valence-electron chi connectivity index (χ0n) is 21.4. The summed E-state index contributed by atoms with van der Waals surface area (Å²) in [4.78, 5) is 36.4. The quantitative estimate of drug-likeness (QED) is 0.392. The van der Waals surface area contributed by atoms with Crippen molar-refractivity contribution in [1.82, 2.24) is 19.7 Å². The number of fused-ring (bicyclic) bond motifs is 4. The van der Waals surface area contributed by atoms with E-state index in [2.05, 4.69) is 23.7 Å². The van der Waals surface area contributed by atoms with E-state index in [-0.39, 0.29) is 22.7 Å². The van der Waals surface area contributed by atoms with Crippen LogP contribution in [0.1, 0.15) is 50.1 Å². The van der Waals surface area contributed by atoms with Crippen molar-refractivity contribution >= 4 is 34.4 Å². The summed E-state index contributed by atoms with van der Waals surface area (Å²) in [6.07, 6.45) is 1.38. The number of nitrogens with one attached hydrogen (secondary N) is 1. The maximum absolute atomic E-state index is 14.3. The van der Waals surface area contributed by atoms with Gasteiger partial charge in [0, 0.05) is 29.6 Å². The Balaban J connectivity index is 1.56. The molecule has 37 heavy (non-hydrogen) atoms. The lowest BCUT2D eigenvalue weighted by atomic mass is 9.81. The number of halogens is 2. The number of amides is 3. The molecule has 2 atom stereocenters. The Hall–Kier alpha value is -3.10. The molecule has 0 saturated carbocycles. The molecule has 1 aromatic heterocycles. The van der Waals surface area contributed by atoms with Crippen LogP contribution in [0.15, 0.2) is 36.4 Å². The van der Waals surface area contributed by atoms with Crippen LogP contribution in [0, 0.1) is 5.82 Å². The van der Waals surface area contributed by atoms with Gasteiger partial charge >= 0.3 is 6.03 Å². The number of carbonyl (C=O) groups excluding carboxylic acids is 2. The lowest BCUT2D eigenvalue weighted by Gasteiger charge is -2.42. The number of benzene rings is 2. The van der Waals surface area contributed by atoms with Crippen molar-refractivity contribution in [2.24, 2.45) is 0 Å². The van der Waals surface area contributed by atoms with Crippen LogP contribution in [0.2, 0.25) is 5.02 Å². The van der Waals surface area contributed by atoms with Gasteiger partial charge in [0.2, 0.25) is 0 Å². The zero-order valence-corrected chi connectivity index (χ0v) is 22.1. The molecule has 0 aliphatic carbocycles. The summed E-state index contributed by atoms with van der Waals surface area (Å²) in [6.45, 7) is 9.00. The lowest BCUT2D eigenvalue weighted by Crippen LogP contribution is -2.53. The number of H-pyrrole nitrogens is 1. The van der Waals surface area contributed by atoms with E-state index >= 15 is 0 Å². The van der Waals surface area contributed by atoms with E-state index in [9.17, 15) is 19.1 Å². The van der Waals surface area contributed by atoms with E-state index in [0.29, 0.717) is 31.3 Å². The number of hydrogen-bond donors (Lipinski definition) is 2. The molecular formula is C28H32ClFN4O3. The molecule has 2 aliphatic heterocycles. The van der Waals surface area contributed by atoms with Gasteiger partial charge in [-0.25, -0.2) is 9.18 Å². The van der Waals surface area contributed by atoms with Crippen LogP contribution < -0.4 is 0 Å². The van der Waals surface area contributed by atoms with Crippen LogP contribution in [0.3, 0.4) is 0 Å². The van der Waals surface area contributed by atoms with Gasteiger partial charge in [-0.1, -0.05) is 37.6 Å². The number of phenols is 1. The number of phenolic OH excluding ortho intramolecular Hbond substituents is 1. The molecule has 0 radical (unpaired) electrons. The highest BCUT2D eigenvalue weighted by Crippen LogP contribution is 2.48. The fraction of sp³-hybridized carbons (Fsp3) is 0.429. The first-order valence-corrected chi connectivity index (χ1v) is 13.2. The SMILES string of the molecule is CCN(CC)CCCN1C(=O)N2C(Cc3cccc(O)c3)c3[nH]c4cc(F)c(Cl)cc4c3C[C@@]2(C)C1=O. The highest BCUT2D eigenvalue weighted by atomic mass is 35.5. The van der Waals surface area contributed by atoms with Crippen LogP contribution in [-0.4, -0.2) is 68.4 Å². The number of aromatic nitrogens is 1. The summed E-state index contributed by atoms with van der Waals surface area (Å²) in [5, 5.41) is 10.8. The first kappa shape index (κ1) is 25.5. The smallest absolute Gasteiger partial charge is 0.328 e. The second-order valence-electron chi connectivity index (χ2n) is 10.2. The topological polar surface area (TPSA) is 79.9 Å². The third-order valence-corrected chi connectivity index (χ3v) is 8.20. The first-order valence-electron chi connectivity index (χ1n) is 12.8. The van der Waals surface area contributed by atoms with E-state index in [1.165, 1.54) is 11.0 Å². The number of imide groups is 1. The molecule has 2 aliphatic rings. The van der Waals surface area contributed by atoms with Crippen molar-refractivity contribution < 1.29 is 19.1 Å². The Morgan fingerprint density at radius 2 is 1.97 bits per heavy atom. The van der Waals surface area contributed by atoms with E-state index in [1.54, 1.807) is 29.2 Å². The van der Waals surface area contributed by atoms with Gasteiger partial charge in [-0.2, -0.15) is 0 Å². The summed E-state index contributed by atoms with van der Waals surface area (Å²) < 4.78 is 14.3. The van der Waals surface area contributed by atoms with Crippen LogP contribution in [0.4, 0.5) is 9.18 Å². The van der Waals surface area contributed by atoms with Gasteiger partial charge in [-0.15, -0.1) is 0 Å². The fourth-order valence-corrected chi connectivity index (χ4v) is 6.13. The molecule has 3 heterocycles. The maximum atomic E-state index is 14.3. The molecule has 2 aromatic carbocycles. The fourth-order valence-electron chi connectivity index (χ4n) is 5.96. The Morgan fingerprint density at radius 3 is 2.68 bits per heavy atom. The molecule has 3 aromatic rings. The predicted octanol–water partition coefficient (Wildman–Crippen LogP) is 5.26. The number of urea groups is 1. The van der Waals surface area contributed by atoms with Gasteiger partial charge in [-0.3, -0.25) is 9.69 Å². The Morgan fingerprint density at radius 1 is 1.22 bits per heavy atom. The third kappa shape index (κ3) is 4.26. The van der Waals surface area contributed by atoms with Crippen LogP contribution >= 0.6 is 11.6 Å². The van der Waals surface area contributed by atoms with Crippen LogP contribution in [-0.2, 0) is 17.6 Å². The Bertz CT molecular complexity index is 1370. The molecule has 1 fully saturated rings. The highest BCUT2D eigenvalue weighted by Gasteiger charge is 2.59. The van der Waals surface area contributed by atoms with Crippen LogP contribution in [0.25, 0.3) is 10.9 Å². The number of rotatable bonds is 8. The molecular weight excluding hydrogens is 495 g/mol. The van der Waals surface area contributed by atoms with Gasteiger partial charge in [0.15, 0.2) is 0 Å². The summed E-state index contributed by atoms with van der Waals surface area (Å²) in [6, 6.07) is 9.02. The molecule has 1 unspecified atom stereocenters. The number of aromatic amines is 1. The van der Waals surface area contributed by atoms with E-state index < -0.39 is 17.4 Å². The second kappa shape index (κ2) is 9.65. The van der Waals surface area contributed by atoms with Crippen molar-refractivity contribution in [3.8, 4) is 5.75 Å². The molecule has 7 nitrogen and oxygen atoms in total. The second-order valence-corrected chi connectivity index (χ2v) is 10.6. The van der Waals surface area contributed by atoms with E-state index in [0.717, 1.165) is 41.8 Å². The van der Waals surface area contributed by atoms with E-state index in [4.69, 9.17) is 11.6 Å². The average molecular weight is 527 g/mol. The summed E-state index contributed by atoms with van der Waals surface area (Å²) in [7, 11) is 0. The molecule has 0 bridgehead atoms. The Kier molecular flexibility index (Phi) is 6.66. The van der Waals surface area contributed by atoms with E-state index in [1.807, 2.05) is 13.0 Å². The largest absolute Gasteiger partial charge is 0.508 e. The number of nitrogens with zero attached hydrogens (tertiary/aromatic N) is 3. The van der Waals surface area contributed by atoms with Gasteiger partial charge in [0.25, 0.3) is 5.91 Å². The average Bonchev–Trinajstić information content (AvgIpc) is 3.29. The molecule has 9 heteroatoms. The molecule has 196 valence electrons. The first-order chi connectivity index (χ1) is 17.7. The molecule has 2 N–H and O–H groups in total. The standard InChI is InChI=1S/C28H32ClFN4O3/c1-4-32(5-2)10-7-11-33-26(36)28(3)16-20-19-14-21(29)22(30)15-23(19)31-25(20)24(34(28)27(33)37)13-17-8-6-9-18(35)12-17/h6,8-9,12,14-15,24,31,35H,4-5,7,10-11,13,16H2,1-3H3/t24?,28-/m0/s1.